The fourth-order valence-corrected chi connectivity index (χ4v) is 2.37. The van der Waals surface area contributed by atoms with E-state index < -0.39 is 11.8 Å². The summed E-state index contributed by atoms with van der Waals surface area (Å²) in [5.41, 5.74) is 5.54. The van der Waals surface area contributed by atoms with E-state index in [1.54, 1.807) is 12.1 Å². The molecule has 0 aliphatic heterocycles. The van der Waals surface area contributed by atoms with Crippen molar-refractivity contribution in [1.82, 2.24) is 10.9 Å². The number of rotatable bonds is 3. The van der Waals surface area contributed by atoms with Crippen molar-refractivity contribution in [3.05, 3.63) is 83.9 Å². The van der Waals surface area contributed by atoms with Crippen molar-refractivity contribution in [2.45, 2.75) is 0 Å². The lowest BCUT2D eigenvalue weighted by Crippen LogP contribution is -2.40. The second-order valence-electron chi connectivity index (χ2n) is 5.40. The Balaban J connectivity index is 1.65. The largest absolute Gasteiger partial charge is 0.507 e. The molecule has 0 aliphatic carbocycles. The van der Waals surface area contributed by atoms with E-state index in [0.717, 1.165) is 16.3 Å². The third-order valence-corrected chi connectivity index (χ3v) is 3.63. The third kappa shape index (κ3) is 4.03. The maximum atomic E-state index is 12.2. The summed E-state index contributed by atoms with van der Waals surface area (Å²) in [5.74, 6) is -1.22. The molecule has 0 fully saturated rings. The molecule has 124 valence electrons. The van der Waals surface area contributed by atoms with Crippen LogP contribution in [0.1, 0.15) is 15.9 Å². The summed E-state index contributed by atoms with van der Waals surface area (Å²) in [5, 5.41) is 11.7. The van der Waals surface area contributed by atoms with E-state index in [1.165, 1.54) is 12.1 Å². The molecule has 0 radical (unpaired) electrons. The van der Waals surface area contributed by atoms with E-state index in [9.17, 15) is 14.7 Å². The number of amides is 2. The third-order valence-electron chi connectivity index (χ3n) is 3.63. The molecule has 3 N–H and O–H groups in total. The molecule has 0 bridgehead atoms. The summed E-state index contributed by atoms with van der Waals surface area (Å²) in [7, 11) is 0. The highest BCUT2D eigenvalue weighted by molar-refractivity contribution is 6.02. The molecule has 0 saturated carbocycles. The lowest BCUT2D eigenvalue weighted by molar-refractivity contribution is -0.117. The quantitative estimate of drug-likeness (QED) is 0.509. The van der Waals surface area contributed by atoms with E-state index in [-0.39, 0.29) is 11.3 Å². The number of nitrogens with one attached hydrogen (secondary N) is 2. The Bertz CT molecular complexity index is 950. The van der Waals surface area contributed by atoms with E-state index in [0.29, 0.717) is 0 Å². The number of benzene rings is 3. The van der Waals surface area contributed by atoms with E-state index in [4.69, 9.17) is 0 Å². The Morgan fingerprint density at radius 1 is 0.840 bits per heavy atom. The summed E-state index contributed by atoms with van der Waals surface area (Å²) in [6.45, 7) is 0. The number of hydrogen-bond donors (Lipinski definition) is 3. The summed E-state index contributed by atoms with van der Waals surface area (Å²) in [4.78, 5) is 24.0. The minimum absolute atomic E-state index is 0.0889. The number of carbonyl (C=O) groups excluding carboxylic acids is 2. The molecule has 25 heavy (non-hydrogen) atoms. The maximum Gasteiger partial charge on any atom is 0.273 e. The maximum absolute atomic E-state index is 12.2. The normalized spacial score (nSPS) is 10.7. The molecule has 3 aromatic carbocycles. The van der Waals surface area contributed by atoms with Crippen molar-refractivity contribution in [3.8, 4) is 5.75 Å². The summed E-state index contributed by atoms with van der Waals surface area (Å²) >= 11 is 0. The average Bonchev–Trinajstić information content (AvgIpc) is 2.64. The molecule has 0 aliphatic rings. The molecule has 0 aromatic heterocycles. The average molecular weight is 332 g/mol. The van der Waals surface area contributed by atoms with Crippen LogP contribution in [0.5, 0.6) is 5.75 Å². The molecule has 5 heteroatoms. The second kappa shape index (κ2) is 7.31. The number of aromatic hydroxyl groups is 1. The SMILES string of the molecule is O=C(C=Cc1ccccc1)NNC(=O)c1cc2ccccc2cc1O. The first kappa shape index (κ1) is 16.3. The highest BCUT2D eigenvalue weighted by atomic mass is 16.3. The predicted molar refractivity (Wildman–Crippen MR) is 96.7 cm³/mol. The van der Waals surface area contributed by atoms with Crippen molar-refractivity contribution in [2.75, 3.05) is 0 Å². The minimum Gasteiger partial charge on any atom is -0.507 e. The van der Waals surface area contributed by atoms with Crippen LogP contribution >= 0.6 is 0 Å². The van der Waals surface area contributed by atoms with Crippen LogP contribution in [-0.2, 0) is 4.79 Å². The molecule has 3 rings (SSSR count). The van der Waals surface area contributed by atoms with Crippen LogP contribution in [0.3, 0.4) is 0 Å². The van der Waals surface area contributed by atoms with E-state index in [2.05, 4.69) is 10.9 Å². The van der Waals surface area contributed by atoms with Gasteiger partial charge in [-0.05, 0) is 34.5 Å². The van der Waals surface area contributed by atoms with Crippen LogP contribution in [0.4, 0.5) is 0 Å². The zero-order valence-electron chi connectivity index (χ0n) is 13.3. The zero-order valence-corrected chi connectivity index (χ0v) is 13.3. The number of phenolic OH excluding ortho intramolecular Hbond substituents is 1. The summed E-state index contributed by atoms with van der Waals surface area (Å²) in [6, 6.07) is 19.8. The van der Waals surface area contributed by atoms with Gasteiger partial charge in [0, 0.05) is 6.08 Å². The van der Waals surface area contributed by atoms with E-state index in [1.807, 2.05) is 54.6 Å². The molecule has 3 aromatic rings. The van der Waals surface area contributed by atoms with Gasteiger partial charge in [-0.15, -0.1) is 0 Å². The van der Waals surface area contributed by atoms with Gasteiger partial charge >= 0.3 is 0 Å². The van der Waals surface area contributed by atoms with Gasteiger partial charge in [0.2, 0.25) is 0 Å². The predicted octanol–water partition coefficient (Wildman–Crippen LogP) is 3.02. The molecule has 0 heterocycles. The first-order valence-corrected chi connectivity index (χ1v) is 7.69. The zero-order chi connectivity index (χ0) is 17.6. The molecule has 2 amide bonds. The Hall–Kier alpha value is -3.60. The Morgan fingerprint density at radius 2 is 1.48 bits per heavy atom. The van der Waals surface area contributed by atoms with Crippen LogP contribution in [-0.4, -0.2) is 16.9 Å². The highest BCUT2D eigenvalue weighted by Crippen LogP contribution is 2.24. The van der Waals surface area contributed by atoms with Gasteiger partial charge in [0.15, 0.2) is 0 Å². The van der Waals surface area contributed by atoms with Crippen molar-refractivity contribution < 1.29 is 14.7 Å². The van der Waals surface area contributed by atoms with Crippen LogP contribution in [0, 0.1) is 0 Å². The van der Waals surface area contributed by atoms with Crippen LogP contribution in [0.2, 0.25) is 0 Å². The van der Waals surface area contributed by atoms with Gasteiger partial charge in [-0.3, -0.25) is 20.4 Å². The molecular weight excluding hydrogens is 316 g/mol. The van der Waals surface area contributed by atoms with Crippen LogP contribution in [0.25, 0.3) is 16.8 Å². The smallest absolute Gasteiger partial charge is 0.273 e. The van der Waals surface area contributed by atoms with Crippen LogP contribution < -0.4 is 10.9 Å². The second-order valence-corrected chi connectivity index (χ2v) is 5.40. The van der Waals surface area contributed by atoms with Gasteiger partial charge in [0.05, 0.1) is 5.56 Å². The first-order valence-electron chi connectivity index (χ1n) is 7.69. The topological polar surface area (TPSA) is 78.4 Å². The molecule has 5 nitrogen and oxygen atoms in total. The molecular formula is C20H16N2O3. The van der Waals surface area contributed by atoms with E-state index >= 15 is 0 Å². The van der Waals surface area contributed by atoms with Crippen LogP contribution in [0.15, 0.2) is 72.8 Å². The fraction of sp³-hybridized carbons (Fsp3) is 0. The number of hydrazine groups is 1. The molecule has 0 saturated heterocycles. The number of carbonyl (C=O) groups is 2. The number of hydrogen-bond acceptors (Lipinski definition) is 3. The Kier molecular flexibility index (Phi) is 4.76. The van der Waals surface area contributed by atoms with Gasteiger partial charge < -0.3 is 5.11 Å². The fourth-order valence-electron chi connectivity index (χ4n) is 2.37. The number of fused-ring (bicyclic) bond motifs is 1. The highest BCUT2D eigenvalue weighted by Gasteiger charge is 2.12. The van der Waals surface area contributed by atoms with Gasteiger partial charge in [-0.1, -0.05) is 54.6 Å². The number of phenols is 1. The van der Waals surface area contributed by atoms with Crippen molar-refractivity contribution >= 4 is 28.7 Å². The first-order chi connectivity index (χ1) is 12.1. The minimum atomic E-state index is -0.593. The van der Waals surface area contributed by atoms with Gasteiger partial charge in [-0.25, -0.2) is 0 Å². The van der Waals surface area contributed by atoms with Gasteiger partial charge in [-0.2, -0.15) is 0 Å². The molecule has 0 spiro atoms. The lowest BCUT2D eigenvalue weighted by Gasteiger charge is -2.08. The Labute approximate surface area is 144 Å². The monoisotopic (exact) mass is 332 g/mol. The van der Waals surface area contributed by atoms with Crippen molar-refractivity contribution in [3.63, 3.8) is 0 Å². The van der Waals surface area contributed by atoms with Gasteiger partial charge in [0.1, 0.15) is 5.75 Å². The Morgan fingerprint density at radius 3 is 2.20 bits per heavy atom. The lowest BCUT2D eigenvalue weighted by atomic mass is 10.1. The van der Waals surface area contributed by atoms with Crippen molar-refractivity contribution in [2.24, 2.45) is 0 Å². The molecule has 0 unspecified atom stereocenters. The standard InChI is InChI=1S/C20H16N2O3/c23-18-13-16-9-5-4-8-15(16)12-17(18)20(25)22-21-19(24)11-10-14-6-2-1-3-7-14/h1-13,23H,(H,21,24)(H,22,25). The van der Waals surface area contributed by atoms with Crippen molar-refractivity contribution in [1.29, 1.82) is 0 Å². The summed E-state index contributed by atoms with van der Waals surface area (Å²) < 4.78 is 0. The molecule has 0 atom stereocenters. The summed E-state index contributed by atoms with van der Waals surface area (Å²) in [6.07, 6.45) is 2.95. The van der Waals surface area contributed by atoms with Gasteiger partial charge in [0.25, 0.3) is 11.8 Å².